The van der Waals surface area contributed by atoms with Crippen molar-refractivity contribution in [2.75, 3.05) is 23.9 Å². The van der Waals surface area contributed by atoms with Crippen molar-refractivity contribution in [3.63, 3.8) is 0 Å². The molecule has 12 nitrogen and oxygen atoms in total. The number of aromatic nitrogens is 1. The zero-order chi connectivity index (χ0) is 25.8. The summed E-state index contributed by atoms with van der Waals surface area (Å²) in [6, 6.07) is 2.50. The van der Waals surface area contributed by atoms with Crippen LogP contribution in [0.4, 0.5) is 11.5 Å². The Balaban J connectivity index is 1.27. The quantitative estimate of drug-likeness (QED) is 0.402. The van der Waals surface area contributed by atoms with E-state index >= 15 is 0 Å². The molecule has 6 rings (SSSR count). The van der Waals surface area contributed by atoms with Crippen LogP contribution in [0.2, 0.25) is 0 Å². The number of hydrogen-bond acceptors (Lipinski definition) is 7. The summed E-state index contributed by atoms with van der Waals surface area (Å²) in [6.07, 6.45) is 6.21. The number of nitro groups is 1. The molecule has 196 valence electrons. The number of nitrogens with zero attached hydrogens (tertiary/aromatic N) is 4. The summed E-state index contributed by atoms with van der Waals surface area (Å²) >= 11 is 0. The largest absolute Gasteiger partial charge is 0.370 e. The lowest BCUT2D eigenvalue weighted by atomic mass is 9.47. The molecule has 1 saturated heterocycles. The van der Waals surface area contributed by atoms with Gasteiger partial charge in [-0.2, -0.15) is 12.7 Å². The minimum Gasteiger partial charge on any atom is -0.370 e. The van der Waals surface area contributed by atoms with Gasteiger partial charge in [-0.15, -0.1) is 0 Å². The van der Waals surface area contributed by atoms with Gasteiger partial charge in [0.15, 0.2) is 0 Å². The van der Waals surface area contributed by atoms with Crippen LogP contribution in [0.5, 0.6) is 0 Å². The predicted octanol–water partition coefficient (Wildman–Crippen LogP) is 1.18. The average Bonchev–Trinajstić information content (AvgIpc) is 2.77. The van der Waals surface area contributed by atoms with Gasteiger partial charge in [0.2, 0.25) is 11.8 Å². The van der Waals surface area contributed by atoms with Gasteiger partial charge in [0.05, 0.1) is 11.5 Å². The molecule has 13 heteroatoms. The molecule has 1 aromatic rings. The number of amides is 2. The van der Waals surface area contributed by atoms with Crippen molar-refractivity contribution in [2.24, 2.45) is 34.8 Å². The van der Waals surface area contributed by atoms with Gasteiger partial charge in [-0.05, 0) is 67.3 Å². The number of carbonyl (C=O) groups excluding carboxylic acids is 2. The molecular weight excluding hydrogens is 488 g/mol. The first-order chi connectivity index (χ1) is 17.0. The lowest BCUT2D eigenvalue weighted by molar-refractivity contribution is -0.385. The van der Waals surface area contributed by atoms with Gasteiger partial charge in [0, 0.05) is 31.6 Å². The summed E-state index contributed by atoms with van der Waals surface area (Å²) in [5.74, 6) is 0.502. The van der Waals surface area contributed by atoms with Crippen LogP contribution in [0, 0.1) is 39.2 Å². The van der Waals surface area contributed by atoms with E-state index in [1.54, 1.807) is 0 Å². The number of rotatable bonds is 7. The Kier molecular flexibility index (Phi) is 6.18. The summed E-state index contributed by atoms with van der Waals surface area (Å²) in [6.45, 7) is 1.94. The molecule has 36 heavy (non-hydrogen) atoms. The minimum absolute atomic E-state index is 0.0209. The monoisotopic (exact) mass is 520 g/mol. The Morgan fingerprint density at radius 1 is 1.22 bits per heavy atom. The van der Waals surface area contributed by atoms with Gasteiger partial charge in [-0.25, -0.2) is 9.29 Å². The first kappa shape index (κ1) is 24.9. The Hall–Kier alpha value is -2.80. The van der Waals surface area contributed by atoms with Crippen molar-refractivity contribution < 1.29 is 22.9 Å². The first-order valence-electron chi connectivity index (χ1n) is 12.4. The molecule has 3 unspecified atom stereocenters. The number of nitrogens with two attached hydrogens (primary N) is 1. The van der Waals surface area contributed by atoms with E-state index in [1.165, 1.54) is 12.1 Å². The highest BCUT2D eigenvalue weighted by atomic mass is 32.2. The van der Waals surface area contributed by atoms with Crippen molar-refractivity contribution >= 4 is 33.5 Å². The molecule has 5 fully saturated rings. The van der Waals surface area contributed by atoms with Crippen molar-refractivity contribution in [3.8, 4) is 0 Å². The topological polar surface area (TPSA) is 169 Å². The van der Waals surface area contributed by atoms with E-state index in [4.69, 9.17) is 5.73 Å². The highest BCUT2D eigenvalue weighted by Gasteiger charge is 2.56. The van der Waals surface area contributed by atoms with Gasteiger partial charge in [0.1, 0.15) is 12.0 Å². The van der Waals surface area contributed by atoms with Gasteiger partial charge < -0.3 is 11.1 Å². The average molecular weight is 521 g/mol. The molecule has 3 N–H and O–H groups in total. The van der Waals surface area contributed by atoms with Crippen LogP contribution in [0.25, 0.3) is 0 Å². The first-order valence-corrected chi connectivity index (χ1v) is 13.8. The fraction of sp³-hybridized carbons (Fsp3) is 0.696. The van der Waals surface area contributed by atoms with E-state index in [0.29, 0.717) is 12.3 Å². The summed E-state index contributed by atoms with van der Waals surface area (Å²) < 4.78 is 29.0. The second kappa shape index (κ2) is 8.94. The Bertz CT molecular complexity index is 1160. The maximum absolute atomic E-state index is 13.3. The number of pyridine rings is 1. The van der Waals surface area contributed by atoms with E-state index < -0.39 is 15.1 Å². The molecule has 4 bridgehead atoms. The van der Waals surface area contributed by atoms with E-state index in [2.05, 4.69) is 10.3 Å². The normalized spacial score (nSPS) is 34.9. The van der Waals surface area contributed by atoms with E-state index in [-0.39, 0.29) is 72.2 Å². The van der Waals surface area contributed by atoms with Crippen LogP contribution in [-0.2, 0) is 19.8 Å². The second-order valence-electron chi connectivity index (χ2n) is 11.3. The van der Waals surface area contributed by atoms with Gasteiger partial charge in [-0.1, -0.05) is 6.92 Å². The second-order valence-corrected chi connectivity index (χ2v) is 13.1. The maximum atomic E-state index is 13.3. The number of anilines is 1. The summed E-state index contributed by atoms with van der Waals surface area (Å²) in [5.41, 5.74) is 5.26. The molecule has 5 aliphatic rings. The van der Waals surface area contributed by atoms with Crippen LogP contribution < -0.4 is 15.4 Å². The number of carbonyl (C=O) groups is 2. The van der Waals surface area contributed by atoms with Crippen LogP contribution in [-0.4, -0.2) is 60.1 Å². The van der Waals surface area contributed by atoms with E-state index in [0.717, 1.165) is 46.9 Å². The van der Waals surface area contributed by atoms with Gasteiger partial charge in [-0.3, -0.25) is 19.7 Å². The zero-order valence-corrected chi connectivity index (χ0v) is 21.0. The Labute approximate surface area is 209 Å². The van der Waals surface area contributed by atoms with Crippen LogP contribution in [0.3, 0.4) is 0 Å². The van der Waals surface area contributed by atoms with Crippen molar-refractivity contribution in [3.05, 3.63) is 28.4 Å². The summed E-state index contributed by atoms with van der Waals surface area (Å²) in [4.78, 5) is 39.1. The lowest BCUT2D eigenvalue weighted by Gasteiger charge is -2.60. The Morgan fingerprint density at radius 2 is 1.92 bits per heavy atom. The Morgan fingerprint density at radius 3 is 2.50 bits per heavy atom. The molecule has 4 saturated carbocycles. The lowest BCUT2D eigenvalue weighted by Crippen LogP contribution is -2.61. The highest BCUT2D eigenvalue weighted by molar-refractivity contribution is 7.90. The fourth-order valence-electron chi connectivity index (χ4n) is 7.41. The zero-order valence-electron chi connectivity index (χ0n) is 20.2. The predicted molar refractivity (Wildman–Crippen MR) is 130 cm³/mol. The van der Waals surface area contributed by atoms with Gasteiger partial charge in [0.25, 0.3) is 5.69 Å². The number of hydrogen-bond donors (Lipinski definition) is 2. The summed E-state index contributed by atoms with van der Waals surface area (Å²) in [7, 11) is -4.04. The molecule has 1 aliphatic heterocycles. The summed E-state index contributed by atoms with van der Waals surface area (Å²) in [5, 5.41) is 14.1. The van der Waals surface area contributed by atoms with E-state index in [1.807, 2.05) is 6.92 Å². The number of nitrogens with one attached hydrogen (secondary N) is 1. The maximum Gasteiger partial charge on any atom is 0.305 e. The van der Waals surface area contributed by atoms with Crippen molar-refractivity contribution in [1.82, 2.24) is 14.6 Å². The van der Waals surface area contributed by atoms with Crippen LogP contribution in [0.1, 0.15) is 45.4 Å². The molecule has 2 heterocycles. The van der Waals surface area contributed by atoms with Crippen LogP contribution in [0.15, 0.2) is 18.3 Å². The smallest absolute Gasteiger partial charge is 0.305 e. The van der Waals surface area contributed by atoms with E-state index in [9.17, 15) is 28.1 Å². The fourth-order valence-corrected chi connectivity index (χ4v) is 9.20. The molecule has 0 aromatic carbocycles. The highest BCUT2D eigenvalue weighted by Crippen LogP contribution is 2.61. The molecule has 0 spiro atoms. The minimum atomic E-state index is -4.04. The van der Waals surface area contributed by atoms with Gasteiger partial charge >= 0.3 is 10.2 Å². The number of primary amides is 1. The molecule has 0 radical (unpaired) electrons. The molecule has 3 atom stereocenters. The standard InChI is InChI=1S/C23H32N6O6S/c1-14-11-27(36(34,35)28(12-14)20-3-2-18(10-25-20)29(32)33)13-21(31)26-22-16-4-15-5-17(22)8-23(6-15,7-16)9-19(24)30/h2-3,10,14-17,22H,4-9,11-13H2,1H3,(H2,24,30)(H,26,31). The molecule has 4 aliphatic carbocycles. The molecule has 2 amide bonds. The SMILES string of the molecule is CC1CN(CC(=O)NC2C3CC4CC2CC(CC(N)=O)(C4)C3)S(=O)(=O)N(c2ccc([N+](=O)[O-])cn2)C1. The van der Waals surface area contributed by atoms with Crippen LogP contribution >= 0.6 is 0 Å². The third-order valence-electron chi connectivity index (χ3n) is 8.39. The van der Waals surface area contributed by atoms with Crippen molar-refractivity contribution in [2.45, 2.75) is 51.5 Å². The van der Waals surface area contributed by atoms with Crippen molar-refractivity contribution in [1.29, 1.82) is 0 Å². The molecular formula is C23H32N6O6S. The molecule has 1 aromatic heterocycles. The third-order valence-corrected chi connectivity index (χ3v) is 10.2. The third kappa shape index (κ3) is 4.54.